The van der Waals surface area contributed by atoms with Crippen molar-refractivity contribution in [3.63, 3.8) is 0 Å². The predicted octanol–water partition coefficient (Wildman–Crippen LogP) is 2.72. The summed E-state index contributed by atoms with van der Waals surface area (Å²) in [6.45, 7) is 0. The number of nitrogens with zero attached hydrogens (tertiary/aromatic N) is 3. The molecule has 1 aromatic heterocycles. The van der Waals surface area contributed by atoms with E-state index in [4.69, 9.17) is 0 Å². The van der Waals surface area contributed by atoms with Gasteiger partial charge in [-0.2, -0.15) is 0 Å². The van der Waals surface area contributed by atoms with E-state index < -0.39 is 26.4 Å². The van der Waals surface area contributed by atoms with Crippen molar-refractivity contribution in [2.75, 3.05) is 6.26 Å². The van der Waals surface area contributed by atoms with Gasteiger partial charge < -0.3 is 0 Å². The van der Waals surface area contributed by atoms with Gasteiger partial charge in [-0.25, -0.2) is 8.42 Å². The van der Waals surface area contributed by atoms with Gasteiger partial charge in [0.05, 0.1) is 15.9 Å². The topological polar surface area (TPSA) is 112 Å². The molecule has 28 heavy (non-hydrogen) atoms. The maximum Gasteiger partial charge on any atom is 0.271 e. The van der Waals surface area contributed by atoms with Crippen LogP contribution in [0.3, 0.4) is 0 Å². The van der Waals surface area contributed by atoms with Crippen LogP contribution in [0.25, 0.3) is 0 Å². The molecule has 8 nitrogen and oxygen atoms in total. The highest BCUT2D eigenvalue weighted by Gasteiger charge is 2.20. The highest BCUT2D eigenvalue weighted by atomic mass is 32.2. The van der Waals surface area contributed by atoms with Crippen molar-refractivity contribution in [2.24, 2.45) is 4.99 Å². The summed E-state index contributed by atoms with van der Waals surface area (Å²) in [4.78, 5) is 27.9. The van der Waals surface area contributed by atoms with E-state index in [1.807, 2.05) is 0 Å². The van der Waals surface area contributed by atoms with Crippen LogP contribution >= 0.6 is 0 Å². The van der Waals surface area contributed by atoms with Crippen LogP contribution in [0.15, 0.2) is 52.5 Å². The predicted molar refractivity (Wildman–Crippen MR) is 103 cm³/mol. The van der Waals surface area contributed by atoms with Gasteiger partial charge in [0.1, 0.15) is 5.49 Å². The maximum atomic E-state index is 13.0. The van der Waals surface area contributed by atoms with Crippen LogP contribution in [-0.4, -0.2) is 36.1 Å². The molecule has 9 heteroatoms. The Kier molecular flexibility index (Phi) is 5.73. The molecular weight excluding hydrogens is 382 g/mol. The summed E-state index contributed by atoms with van der Waals surface area (Å²) < 4.78 is 25.1. The lowest BCUT2D eigenvalue weighted by Gasteiger charge is -2.17. The van der Waals surface area contributed by atoms with E-state index in [-0.39, 0.29) is 16.5 Å². The standard InChI is InChI=1S/C19H21N3O5S/c1-28(26,27)17-12-14(11-16(13-17)22(24)25)19(23)21-10-6-5-9-18(21)20-15-7-3-2-4-8-15/h5-6,9-13,15H,2-4,7-8H2,1H3. The first-order valence-electron chi connectivity index (χ1n) is 9.01. The molecule has 1 saturated carbocycles. The first-order chi connectivity index (χ1) is 13.3. The second-order valence-electron chi connectivity index (χ2n) is 6.90. The Bertz CT molecular complexity index is 1080. The SMILES string of the molecule is CS(=O)(=O)c1cc(C(=O)n2ccccc2=NC2CCCCC2)cc([N+](=O)[O-])c1. The van der Waals surface area contributed by atoms with E-state index in [0.29, 0.717) is 5.49 Å². The fraction of sp³-hybridized carbons (Fsp3) is 0.368. The number of hydrogen-bond acceptors (Lipinski definition) is 6. The molecule has 0 saturated heterocycles. The van der Waals surface area contributed by atoms with E-state index in [2.05, 4.69) is 4.99 Å². The number of benzene rings is 1. The molecule has 0 unspecified atom stereocenters. The molecule has 3 rings (SSSR count). The lowest BCUT2D eigenvalue weighted by Crippen LogP contribution is -2.29. The molecule has 148 valence electrons. The average molecular weight is 403 g/mol. The van der Waals surface area contributed by atoms with Gasteiger partial charge in [0.15, 0.2) is 9.84 Å². The molecule has 0 amide bonds. The van der Waals surface area contributed by atoms with Crippen molar-refractivity contribution in [2.45, 2.75) is 43.0 Å². The molecule has 0 bridgehead atoms. The molecule has 0 spiro atoms. The van der Waals surface area contributed by atoms with Crippen LogP contribution in [-0.2, 0) is 9.84 Å². The molecule has 2 aromatic rings. The van der Waals surface area contributed by atoms with E-state index in [9.17, 15) is 23.3 Å². The number of nitro benzene ring substituents is 1. The zero-order valence-electron chi connectivity index (χ0n) is 15.4. The van der Waals surface area contributed by atoms with Gasteiger partial charge in [-0.1, -0.05) is 25.3 Å². The number of aromatic nitrogens is 1. The number of sulfone groups is 1. The second-order valence-corrected chi connectivity index (χ2v) is 8.92. The third kappa shape index (κ3) is 4.53. The Balaban J connectivity index is 2.09. The number of rotatable bonds is 4. The van der Waals surface area contributed by atoms with Crippen LogP contribution in [0, 0.1) is 10.1 Å². The molecular formula is C19H21N3O5S. The average Bonchev–Trinajstić information content (AvgIpc) is 2.67. The minimum atomic E-state index is -3.72. The van der Waals surface area contributed by atoms with Crippen LogP contribution in [0.4, 0.5) is 5.69 Å². The fourth-order valence-corrected chi connectivity index (χ4v) is 3.95. The fourth-order valence-electron chi connectivity index (χ4n) is 3.27. The van der Waals surface area contributed by atoms with Gasteiger partial charge in [0.25, 0.3) is 11.6 Å². The summed E-state index contributed by atoms with van der Waals surface area (Å²) in [5.74, 6) is -0.566. The smallest absolute Gasteiger partial charge is 0.268 e. The summed E-state index contributed by atoms with van der Waals surface area (Å²) in [5, 5.41) is 11.2. The Morgan fingerprint density at radius 3 is 2.54 bits per heavy atom. The third-order valence-electron chi connectivity index (χ3n) is 4.72. The zero-order valence-corrected chi connectivity index (χ0v) is 16.3. The van der Waals surface area contributed by atoms with Crippen molar-refractivity contribution in [1.29, 1.82) is 0 Å². The third-order valence-corrected chi connectivity index (χ3v) is 5.82. The minimum Gasteiger partial charge on any atom is -0.268 e. The number of carbonyl (C=O) groups is 1. The van der Waals surface area contributed by atoms with Gasteiger partial charge in [-0.15, -0.1) is 0 Å². The molecule has 1 aliphatic rings. The Morgan fingerprint density at radius 2 is 1.89 bits per heavy atom. The highest BCUT2D eigenvalue weighted by Crippen LogP contribution is 2.22. The Hall–Kier alpha value is -2.81. The Labute approximate surface area is 162 Å². The number of non-ortho nitro benzene ring substituents is 1. The van der Waals surface area contributed by atoms with Gasteiger partial charge >= 0.3 is 0 Å². The lowest BCUT2D eigenvalue weighted by molar-refractivity contribution is -0.385. The first kappa shape index (κ1) is 19.9. The summed E-state index contributed by atoms with van der Waals surface area (Å²) >= 11 is 0. The van der Waals surface area contributed by atoms with Crippen LogP contribution in [0.2, 0.25) is 0 Å². The van der Waals surface area contributed by atoms with Gasteiger partial charge in [-0.05, 0) is 31.0 Å². The van der Waals surface area contributed by atoms with Crippen molar-refractivity contribution in [3.05, 3.63) is 63.8 Å². The monoisotopic (exact) mass is 403 g/mol. The minimum absolute atomic E-state index is 0.0779. The van der Waals surface area contributed by atoms with E-state index in [1.54, 1.807) is 18.2 Å². The van der Waals surface area contributed by atoms with Crippen LogP contribution < -0.4 is 5.49 Å². The van der Waals surface area contributed by atoms with E-state index >= 15 is 0 Å². The largest absolute Gasteiger partial charge is 0.271 e. The number of nitro groups is 1. The molecule has 1 heterocycles. The first-order valence-corrected chi connectivity index (χ1v) is 10.9. The number of hydrogen-bond donors (Lipinski definition) is 0. The normalized spacial score (nSPS) is 16.1. The van der Waals surface area contributed by atoms with Crippen molar-refractivity contribution in [3.8, 4) is 0 Å². The van der Waals surface area contributed by atoms with Gasteiger partial charge in [0.2, 0.25) is 0 Å². The molecule has 1 aromatic carbocycles. The highest BCUT2D eigenvalue weighted by molar-refractivity contribution is 7.90. The zero-order chi connectivity index (χ0) is 20.3. The maximum absolute atomic E-state index is 13.0. The summed E-state index contributed by atoms with van der Waals surface area (Å²) in [7, 11) is -3.72. The summed E-state index contributed by atoms with van der Waals surface area (Å²) in [5.41, 5.74) is -0.0775. The van der Waals surface area contributed by atoms with Gasteiger partial charge in [0, 0.05) is 30.1 Å². The van der Waals surface area contributed by atoms with Gasteiger partial charge in [-0.3, -0.25) is 24.5 Å². The van der Waals surface area contributed by atoms with Crippen molar-refractivity contribution >= 4 is 21.4 Å². The summed E-state index contributed by atoms with van der Waals surface area (Å²) in [6, 6.07) is 8.47. The lowest BCUT2D eigenvalue weighted by atomic mass is 9.96. The van der Waals surface area contributed by atoms with Crippen molar-refractivity contribution in [1.82, 2.24) is 4.57 Å². The van der Waals surface area contributed by atoms with Crippen molar-refractivity contribution < 1.29 is 18.1 Å². The van der Waals surface area contributed by atoms with E-state index in [0.717, 1.165) is 50.1 Å². The summed E-state index contributed by atoms with van der Waals surface area (Å²) in [6.07, 6.45) is 7.76. The molecule has 0 radical (unpaired) electrons. The molecule has 0 aliphatic heterocycles. The molecule has 0 N–H and O–H groups in total. The number of pyridine rings is 1. The molecule has 1 fully saturated rings. The quantitative estimate of drug-likeness (QED) is 0.575. The van der Waals surface area contributed by atoms with E-state index in [1.165, 1.54) is 17.2 Å². The number of carbonyl (C=O) groups excluding carboxylic acids is 1. The molecule has 1 aliphatic carbocycles. The molecule has 0 atom stereocenters. The Morgan fingerprint density at radius 1 is 1.18 bits per heavy atom. The van der Waals surface area contributed by atoms with Crippen LogP contribution in [0.5, 0.6) is 0 Å². The second kappa shape index (κ2) is 8.05. The van der Waals surface area contributed by atoms with Crippen LogP contribution in [0.1, 0.15) is 42.5 Å².